The Bertz CT molecular complexity index is 225. The maximum atomic E-state index is 10.9. The Morgan fingerprint density at radius 2 is 1.00 bits per heavy atom. The third kappa shape index (κ3) is 1.45. The van der Waals surface area contributed by atoms with E-state index in [-0.39, 0.29) is 0 Å². The van der Waals surface area contributed by atoms with Gasteiger partial charge in [0.1, 0.15) is 0 Å². The SMILES string of the molecule is C[PH](C)(C)[Ru]([CH]=O)([CH]=O)([CH]=O)[CH]=O. The summed E-state index contributed by atoms with van der Waals surface area (Å²) in [5.74, 6) is 0. The van der Waals surface area contributed by atoms with Crippen LogP contribution in [-0.2, 0) is 32.3 Å². The summed E-state index contributed by atoms with van der Waals surface area (Å²) in [5, 5.41) is 0. The number of carbonyl (C=O) groups excluding carboxylic acids is 4. The molecule has 0 radical (unpaired) electrons. The van der Waals surface area contributed by atoms with Crippen LogP contribution in [0.2, 0.25) is 0 Å². The number of hydrogen-bond acceptors (Lipinski definition) is 4. The van der Waals surface area contributed by atoms with Crippen LogP contribution >= 0.6 is 5.59 Å². The molecule has 0 rings (SSSR count). The van der Waals surface area contributed by atoms with E-state index >= 15 is 0 Å². The van der Waals surface area contributed by atoms with E-state index in [0.717, 1.165) is 0 Å². The van der Waals surface area contributed by atoms with E-state index in [9.17, 15) is 19.2 Å². The van der Waals surface area contributed by atoms with Crippen molar-refractivity contribution in [2.75, 3.05) is 20.0 Å². The van der Waals surface area contributed by atoms with Crippen molar-refractivity contribution in [1.29, 1.82) is 0 Å². The van der Waals surface area contributed by atoms with Crippen LogP contribution in [0.3, 0.4) is 0 Å². The molecule has 0 aromatic rings. The summed E-state index contributed by atoms with van der Waals surface area (Å²) in [5.41, 5.74) is -2.38. The predicted octanol–water partition coefficient (Wildman–Crippen LogP) is -0.00890. The minimum absolute atomic E-state index is 0.344. The van der Waals surface area contributed by atoms with Gasteiger partial charge in [0.05, 0.1) is 0 Å². The Hall–Kier alpha value is -0.267. The first-order chi connectivity index (χ1) is 5.82. The molecule has 4 nitrogen and oxygen atoms in total. The zero-order chi connectivity index (χ0) is 10.8. The molecule has 13 heavy (non-hydrogen) atoms. The van der Waals surface area contributed by atoms with Gasteiger partial charge in [0.25, 0.3) is 0 Å². The van der Waals surface area contributed by atoms with E-state index in [0.29, 0.717) is 19.5 Å². The fraction of sp³-hybridized carbons (Fsp3) is 0.429. The summed E-state index contributed by atoms with van der Waals surface area (Å²) >= 11 is -4.57. The summed E-state index contributed by atoms with van der Waals surface area (Å²) in [4.78, 5) is 45.0. The number of rotatable bonds is 5. The van der Waals surface area contributed by atoms with Gasteiger partial charge < -0.3 is 0 Å². The molecule has 0 fully saturated rings. The van der Waals surface area contributed by atoms with E-state index in [1.807, 2.05) is 0 Å². The van der Waals surface area contributed by atoms with Crippen LogP contribution in [0, 0.1) is 0 Å². The van der Waals surface area contributed by atoms with Gasteiger partial charge >= 0.3 is 77.4 Å². The molecule has 0 aliphatic carbocycles. The summed E-state index contributed by atoms with van der Waals surface area (Å²) in [6.45, 7) is 5.09. The first-order valence-electron chi connectivity index (χ1n) is 3.44. The quantitative estimate of drug-likeness (QED) is 0.406. The van der Waals surface area contributed by atoms with E-state index in [1.54, 1.807) is 20.0 Å². The summed E-state index contributed by atoms with van der Waals surface area (Å²) in [6, 6.07) is 0. The molecule has 0 aromatic heterocycles. The van der Waals surface area contributed by atoms with Crippen molar-refractivity contribution in [3.63, 3.8) is 0 Å². The summed E-state index contributed by atoms with van der Waals surface area (Å²) < 4.78 is 0. The average Bonchev–Trinajstić information content (AvgIpc) is 2.08. The van der Waals surface area contributed by atoms with Crippen LogP contribution in [0.15, 0.2) is 0 Å². The molecule has 0 N–H and O–H groups in total. The first-order valence-corrected chi connectivity index (χ1v) is 13.4. The van der Waals surface area contributed by atoms with Crippen molar-refractivity contribution < 1.29 is 32.3 Å². The molecule has 0 unspecified atom stereocenters. The zero-order valence-corrected chi connectivity index (χ0v) is 10.5. The molecule has 0 aliphatic heterocycles. The van der Waals surface area contributed by atoms with Gasteiger partial charge in [-0.1, -0.05) is 0 Å². The standard InChI is InChI=1S/C3H9P.4CHO.Ru/c1-4(2)3;4*1-2;/h1-3H3;4*1H;/q;;;;;-1/p+1. The maximum absolute atomic E-state index is 10.9. The van der Waals surface area contributed by atoms with Crippen LogP contribution in [-0.4, -0.2) is 39.5 Å². The van der Waals surface area contributed by atoms with Gasteiger partial charge in [-0.25, -0.2) is 0 Å². The molecule has 0 aromatic carbocycles. The average molecular weight is 294 g/mol. The van der Waals surface area contributed by atoms with Crippen LogP contribution < -0.4 is 0 Å². The van der Waals surface area contributed by atoms with Crippen LogP contribution in [0.5, 0.6) is 0 Å². The van der Waals surface area contributed by atoms with Crippen molar-refractivity contribution in [2.45, 2.75) is 0 Å². The van der Waals surface area contributed by atoms with Gasteiger partial charge in [-0.15, -0.1) is 0 Å². The molecule has 6 heteroatoms. The molecule has 0 saturated carbocycles. The van der Waals surface area contributed by atoms with E-state index in [1.165, 1.54) is 0 Å². The Labute approximate surface area is 77.7 Å². The topological polar surface area (TPSA) is 68.3 Å². The van der Waals surface area contributed by atoms with E-state index in [2.05, 4.69) is 0 Å². The fourth-order valence-electron chi connectivity index (χ4n) is 0.618. The second-order valence-electron chi connectivity index (χ2n) is 3.48. The third-order valence-electron chi connectivity index (χ3n) is 1.97. The molecular weight excluding hydrogens is 280 g/mol. The van der Waals surface area contributed by atoms with Crippen molar-refractivity contribution in [3.8, 4) is 0 Å². The molecular formula is C7H14O4PRu. The molecule has 0 bridgehead atoms. The summed E-state index contributed by atoms with van der Waals surface area (Å²) in [7, 11) is 0. The Morgan fingerprint density at radius 1 is 0.769 bits per heavy atom. The third-order valence-corrected chi connectivity index (χ3v) is 28.1. The van der Waals surface area contributed by atoms with Crippen molar-refractivity contribution in [1.82, 2.24) is 0 Å². The Morgan fingerprint density at radius 3 is 1.00 bits per heavy atom. The zero-order valence-electron chi connectivity index (χ0n) is 7.80. The van der Waals surface area contributed by atoms with Gasteiger partial charge in [0.15, 0.2) is 0 Å². The van der Waals surface area contributed by atoms with Gasteiger partial charge in [0, 0.05) is 0 Å². The van der Waals surface area contributed by atoms with Gasteiger partial charge in [-0.3, -0.25) is 0 Å². The Balaban J connectivity index is 5.92. The monoisotopic (exact) mass is 295 g/mol. The fourth-order valence-corrected chi connectivity index (χ4v) is 9.57. The van der Waals surface area contributed by atoms with Crippen LogP contribution in [0.1, 0.15) is 0 Å². The molecule has 0 heterocycles. The van der Waals surface area contributed by atoms with Gasteiger partial charge in [-0.05, 0) is 0 Å². The second kappa shape index (κ2) is 3.47. The van der Waals surface area contributed by atoms with Crippen molar-refractivity contribution >= 4 is 25.1 Å². The molecule has 0 saturated heterocycles. The molecule has 0 aliphatic rings. The predicted molar refractivity (Wildman–Crippen MR) is 53.1 cm³/mol. The van der Waals surface area contributed by atoms with Crippen molar-refractivity contribution in [3.05, 3.63) is 0 Å². The van der Waals surface area contributed by atoms with Gasteiger partial charge in [-0.2, -0.15) is 0 Å². The molecule has 0 spiro atoms. The second-order valence-corrected chi connectivity index (χ2v) is 27.3. The molecule has 0 amide bonds. The van der Waals surface area contributed by atoms with Crippen LogP contribution in [0.25, 0.3) is 0 Å². The number of carbonyl (C=O) groups is 4. The van der Waals surface area contributed by atoms with Gasteiger partial charge in [0.2, 0.25) is 0 Å². The molecule has 79 valence electrons. The van der Waals surface area contributed by atoms with E-state index < -0.39 is 18.7 Å². The Kier molecular flexibility index (Phi) is 3.40. The summed E-state index contributed by atoms with van der Waals surface area (Å²) in [6.07, 6.45) is 0. The first kappa shape index (κ1) is 12.7. The van der Waals surface area contributed by atoms with E-state index in [4.69, 9.17) is 0 Å². The molecule has 0 atom stereocenters. The van der Waals surface area contributed by atoms with Crippen LogP contribution in [0.4, 0.5) is 0 Å². The van der Waals surface area contributed by atoms with Crippen molar-refractivity contribution in [2.24, 2.45) is 0 Å². The number of hydrogen-bond donors (Lipinski definition) is 0. The minimum atomic E-state index is -4.57. The normalized spacial score (nSPS) is 16.4.